The lowest BCUT2D eigenvalue weighted by Crippen LogP contribution is -2.35. The third-order valence-electron chi connectivity index (χ3n) is 5.56. The van der Waals surface area contributed by atoms with Crippen molar-refractivity contribution in [3.8, 4) is 0 Å². The van der Waals surface area contributed by atoms with E-state index < -0.39 is 0 Å². The van der Waals surface area contributed by atoms with Gasteiger partial charge in [-0.3, -0.25) is 4.79 Å². The van der Waals surface area contributed by atoms with Gasteiger partial charge < -0.3 is 5.11 Å². The molecule has 2 aliphatic rings. The van der Waals surface area contributed by atoms with E-state index in [4.69, 9.17) is 0 Å². The zero-order valence-corrected chi connectivity index (χ0v) is 14.4. The Morgan fingerprint density at radius 3 is 2.73 bits per heavy atom. The van der Waals surface area contributed by atoms with E-state index in [9.17, 15) is 9.90 Å². The van der Waals surface area contributed by atoms with Gasteiger partial charge in [-0.1, -0.05) is 36.3 Å². The van der Waals surface area contributed by atoms with Crippen molar-refractivity contribution in [1.82, 2.24) is 0 Å². The molecule has 0 spiro atoms. The molecule has 1 N–H and O–H groups in total. The highest BCUT2D eigenvalue weighted by Crippen LogP contribution is 2.45. The van der Waals surface area contributed by atoms with Crippen LogP contribution in [0.2, 0.25) is 0 Å². The summed E-state index contributed by atoms with van der Waals surface area (Å²) >= 11 is 0. The first-order valence-electron chi connectivity index (χ1n) is 8.59. The second kappa shape index (κ2) is 7.41. The summed E-state index contributed by atoms with van der Waals surface area (Å²) in [6.07, 6.45) is 11.1. The number of rotatable bonds is 5. The molecule has 122 valence electrons. The van der Waals surface area contributed by atoms with Crippen LogP contribution in [0.3, 0.4) is 0 Å². The van der Waals surface area contributed by atoms with Crippen molar-refractivity contribution in [2.24, 2.45) is 23.7 Å². The van der Waals surface area contributed by atoms with Crippen LogP contribution in [-0.4, -0.2) is 17.5 Å². The summed E-state index contributed by atoms with van der Waals surface area (Å²) in [4.78, 5) is 11.4. The molecule has 2 aliphatic carbocycles. The molecule has 5 unspecified atom stereocenters. The van der Waals surface area contributed by atoms with E-state index in [1.54, 1.807) is 0 Å². The van der Waals surface area contributed by atoms with E-state index in [0.717, 1.165) is 37.5 Å². The molecule has 0 saturated carbocycles. The van der Waals surface area contributed by atoms with Crippen molar-refractivity contribution in [2.45, 2.75) is 59.5 Å². The predicted molar refractivity (Wildman–Crippen MR) is 91.4 cm³/mol. The summed E-state index contributed by atoms with van der Waals surface area (Å²) in [6.45, 7) is 8.60. The molecule has 0 aliphatic heterocycles. The Bertz CT molecular complexity index is 494. The minimum absolute atomic E-state index is 0.134. The summed E-state index contributed by atoms with van der Waals surface area (Å²) in [5.41, 5.74) is 3.51. The fourth-order valence-corrected chi connectivity index (χ4v) is 4.15. The summed E-state index contributed by atoms with van der Waals surface area (Å²) in [5.74, 6) is 1.04. The molecule has 0 aromatic rings. The molecular weight excluding hydrogens is 272 g/mol. The minimum Gasteiger partial charge on any atom is -0.392 e. The Kier molecular flexibility index (Phi) is 5.80. The van der Waals surface area contributed by atoms with Crippen LogP contribution >= 0.6 is 0 Å². The van der Waals surface area contributed by atoms with Crippen LogP contribution in [0.5, 0.6) is 0 Å². The van der Waals surface area contributed by atoms with Crippen molar-refractivity contribution in [1.29, 1.82) is 0 Å². The second-order valence-corrected chi connectivity index (χ2v) is 7.36. The highest BCUT2D eigenvalue weighted by atomic mass is 16.3. The first-order valence-corrected chi connectivity index (χ1v) is 8.59. The second-order valence-electron chi connectivity index (χ2n) is 7.36. The first-order chi connectivity index (χ1) is 10.5. The number of aliphatic hydroxyl groups excluding tert-OH is 1. The number of aliphatic hydroxyl groups is 1. The lowest BCUT2D eigenvalue weighted by molar-refractivity contribution is -0.105. The fraction of sp³-hybridized carbons (Fsp3) is 0.650. The number of hydrogen-bond acceptors (Lipinski definition) is 2. The molecule has 5 atom stereocenters. The van der Waals surface area contributed by atoms with Crippen LogP contribution in [-0.2, 0) is 4.79 Å². The van der Waals surface area contributed by atoms with Crippen molar-refractivity contribution < 1.29 is 9.90 Å². The van der Waals surface area contributed by atoms with Gasteiger partial charge in [0.05, 0.1) is 6.10 Å². The SMILES string of the molecule is CC(C)=CCCC(C)C1CC=C(C=O)C2CC=C(C)C2C1O. The van der Waals surface area contributed by atoms with E-state index in [1.165, 1.54) is 11.1 Å². The van der Waals surface area contributed by atoms with Gasteiger partial charge in [0.1, 0.15) is 6.29 Å². The smallest absolute Gasteiger partial charge is 0.146 e. The summed E-state index contributed by atoms with van der Waals surface area (Å²) in [7, 11) is 0. The number of allylic oxidation sites excluding steroid dienone is 5. The van der Waals surface area contributed by atoms with Gasteiger partial charge in [0.15, 0.2) is 0 Å². The normalized spacial score (nSPS) is 32.4. The van der Waals surface area contributed by atoms with Crippen LogP contribution in [0.1, 0.15) is 53.4 Å². The molecule has 0 amide bonds. The van der Waals surface area contributed by atoms with Crippen molar-refractivity contribution >= 4 is 6.29 Å². The van der Waals surface area contributed by atoms with Crippen molar-refractivity contribution in [3.63, 3.8) is 0 Å². The van der Waals surface area contributed by atoms with Gasteiger partial charge >= 0.3 is 0 Å². The van der Waals surface area contributed by atoms with Crippen LogP contribution in [0, 0.1) is 23.7 Å². The van der Waals surface area contributed by atoms with Gasteiger partial charge in [-0.2, -0.15) is 0 Å². The molecule has 0 aromatic carbocycles. The van der Waals surface area contributed by atoms with Gasteiger partial charge in [-0.05, 0) is 69.8 Å². The molecule has 2 rings (SSSR count). The zero-order chi connectivity index (χ0) is 16.3. The molecular formula is C20H30O2. The van der Waals surface area contributed by atoms with Gasteiger partial charge in [0.25, 0.3) is 0 Å². The molecule has 0 radical (unpaired) electrons. The maximum atomic E-state index is 11.4. The first kappa shape index (κ1) is 17.2. The Balaban J connectivity index is 2.14. The third-order valence-corrected chi connectivity index (χ3v) is 5.56. The number of carbonyl (C=O) groups excluding carboxylic acids is 1. The van der Waals surface area contributed by atoms with E-state index in [0.29, 0.717) is 5.92 Å². The van der Waals surface area contributed by atoms with E-state index in [-0.39, 0.29) is 23.9 Å². The summed E-state index contributed by atoms with van der Waals surface area (Å²) < 4.78 is 0. The molecule has 2 nitrogen and oxygen atoms in total. The Labute approximate surface area is 135 Å². The molecule has 2 heteroatoms. The summed E-state index contributed by atoms with van der Waals surface area (Å²) in [5, 5.41) is 11.0. The maximum Gasteiger partial charge on any atom is 0.146 e. The lowest BCUT2D eigenvalue weighted by Gasteiger charge is -2.33. The van der Waals surface area contributed by atoms with Gasteiger partial charge in [-0.25, -0.2) is 0 Å². The Morgan fingerprint density at radius 2 is 2.09 bits per heavy atom. The van der Waals surface area contributed by atoms with Crippen LogP contribution in [0.15, 0.2) is 34.9 Å². The van der Waals surface area contributed by atoms with Crippen molar-refractivity contribution in [3.05, 3.63) is 34.9 Å². The molecule has 0 bridgehead atoms. The average molecular weight is 302 g/mol. The van der Waals surface area contributed by atoms with E-state index >= 15 is 0 Å². The predicted octanol–water partition coefficient (Wildman–Crippen LogP) is 4.46. The minimum atomic E-state index is -0.334. The van der Waals surface area contributed by atoms with Crippen LogP contribution in [0.25, 0.3) is 0 Å². The Hall–Kier alpha value is -1.15. The quantitative estimate of drug-likeness (QED) is 0.601. The topological polar surface area (TPSA) is 37.3 Å². The van der Waals surface area contributed by atoms with Gasteiger partial charge in [0, 0.05) is 5.92 Å². The van der Waals surface area contributed by atoms with E-state index in [1.807, 2.05) is 0 Å². The highest BCUT2D eigenvalue weighted by molar-refractivity contribution is 5.74. The zero-order valence-electron chi connectivity index (χ0n) is 14.4. The Morgan fingerprint density at radius 1 is 1.36 bits per heavy atom. The molecule has 0 aromatic heterocycles. The standard InChI is InChI=1S/C20H30O2/c1-13(2)6-5-7-14(3)17-11-9-16(12-21)18-10-8-15(4)19(18)20(17)22/h6,8-9,12,14,17-20,22H,5,7,10-11H2,1-4H3. The van der Waals surface area contributed by atoms with Gasteiger partial charge in [0.2, 0.25) is 0 Å². The molecule has 0 heterocycles. The molecule has 0 saturated heterocycles. The fourth-order valence-electron chi connectivity index (χ4n) is 4.15. The summed E-state index contributed by atoms with van der Waals surface area (Å²) in [6, 6.07) is 0. The number of fused-ring (bicyclic) bond motifs is 1. The number of aldehydes is 1. The average Bonchev–Trinajstić information content (AvgIpc) is 2.77. The highest BCUT2D eigenvalue weighted by Gasteiger charge is 2.41. The number of carbonyl (C=O) groups is 1. The van der Waals surface area contributed by atoms with Crippen LogP contribution < -0.4 is 0 Å². The number of hydrogen-bond donors (Lipinski definition) is 1. The monoisotopic (exact) mass is 302 g/mol. The maximum absolute atomic E-state index is 11.4. The molecule has 22 heavy (non-hydrogen) atoms. The van der Waals surface area contributed by atoms with E-state index in [2.05, 4.69) is 45.9 Å². The molecule has 0 fully saturated rings. The third kappa shape index (κ3) is 3.60. The van der Waals surface area contributed by atoms with Crippen molar-refractivity contribution in [2.75, 3.05) is 0 Å². The van der Waals surface area contributed by atoms with Crippen LogP contribution in [0.4, 0.5) is 0 Å². The lowest BCUT2D eigenvalue weighted by atomic mass is 9.75. The van der Waals surface area contributed by atoms with Gasteiger partial charge in [-0.15, -0.1) is 0 Å². The largest absolute Gasteiger partial charge is 0.392 e.